The molecule has 0 atom stereocenters. The van der Waals surface area contributed by atoms with E-state index in [1.807, 2.05) is 51.0 Å². The summed E-state index contributed by atoms with van der Waals surface area (Å²) in [5.74, 6) is -0.153. The largest absolute Gasteiger partial charge is 0.308 e. The summed E-state index contributed by atoms with van der Waals surface area (Å²) in [4.78, 5) is 21.8. The average molecular weight is 460 g/mol. The smallest absolute Gasteiger partial charge is 0.228 e. The van der Waals surface area contributed by atoms with Crippen LogP contribution < -0.4 is 4.90 Å². The number of fused-ring (bicyclic) bond motifs is 1. The number of aryl methyl sites for hydroxylation is 2. The van der Waals surface area contributed by atoms with Crippen molar-refractivity contribution in [1.82, 2.24) is 9.88 Å². The molecule has 8 heteroatoms. The van der Waals surface area contributed by atoms with E-state index in [0.717, 1.165) is 21.3 Å². The Balaban J connectivity index is 1.72. The number of amides is 1. The second-order valence-electron chi connectivity index (χ2n) is 8.00. The molecule has 0 spiro atoms. The van der Waals surface area contributed by atoms with Gasteiger partial charge in [-0.1, -0.05) is 41.2 Å². The topological polar surface area (TPSA) is 70.6 Å². The lowest BCUT2D eigenvalue weighted by Crippen LogP contribution is -2.36. The fourth-order valence-corrected chi connectivity index (χ4v) is 5.63. The Morgan fingerprint density at radius 2 is 1.74 bits per heavy atom. The third-order valence-corrected chi connectivity index (χ3v) is 7.96. The normalized spacial score (nSPS) is 11.9. The molecule has 1 heterocycles. The van der Waals surface area contributed by atoms with Gasteiger partial charge in [-0.05, 0) is 58.1 Å². The molecule has 0 saturated heterocycles. The van der Waals surface area contributed by atoms with Crippen LogP contribution in [-0.2, 0) is 14.6 Å². The number of hydrogen-bond acceptors (Lipinski definition) is 6. The molecule has 2 aromatic carbocycles. The Bertz CT molecular complexity index is 1150. The lowest BCUT2D eigenvalue weighted by Gasteiger charge is -2.22. The minimum absolute atomic E-state index is 0.0533. The molecular weight excluding hydrogens is 430 g/mol. The lowest BCUT2D eigenvalue weighted by atomic mass is 10.2. The summed E-state index contributed by atoms with van der Waals surface area (Å²) in [7, 11) is 0.508. The van der Waals surface area contributed by atoms with Gasteiger partial charge in [0.1, 0.15) is 0 Å². The molecule has 0 saturated carbocycles. The lowest BCUT2D eigenvalue weighted by molar-refractivity contribution is -0.118. The number of benzene rings is 2. The van der Waals surface area contributed by atoms with Crippen LogP contribution in [0.4, 0.5) is 5.13 Å². The number of likely N-dealkylation sites (N-methyl/N-ethyl adjacent to an activating group) is 1. The Morgan fingerprint density at radius 3 is 2.39 bits per heavy atom. The predicted molar refractivity (Wildman–Crippen MR) is 128 cm³/mol. The molecule has 166 valence electrons. The number of thiazole rings is 1. The standard InChI is InChI=1S/C23H29N3O3S2/c1-17-10-12-19(13-11-17)31(28,29)16-6-9-21(27)26(15-14-25(3)4)23-24-22-18(2)7-5-8-20(22)30-23/h5,7-8,10-13H,6,9,14-16H2,1-4H3. The molecule has 0 aliphatic heterocycles. The number of hydrogen-bond donors (Lipinski definition) is 0. The van der Waals surface area contributed by atoms with Crippen molar-refractivity contribution < 1.29 is 13.2 Å². The zero-order valence-electron chi connectivity index (χ0n) is 18.5. The van der Waals surface area contributed by atoms with Gasteiger partial charge in [-0.3, -0.25) is 9.69 Å². The van der Waals surface area contributed by atoms with E-state index in [9.17, 15) is 13.2 Å². The van der Waals surface area contributed by atoms with Gasteiger partial charge < -0.3 is 4.90 Å². The number of sulfone groups is 1. The number of carbonyl (C=O) groups excluding carboxylic acids is 1. The predicted octanol–water partition coefficient (Wildman–Crippen LogP) is 4.06. The molecule has 3 rings (SSSR count). The van der Waals surface area contributed by atoms with Crippen molar-refractivity contribution in [2.75, 3.05) is 37.8 Å². The summed E-state index contributed by atoms with van der Waals surface area (Å²) >= 11 is 1.49. The third-order valence-electron chi connectivity index (χ3n) is 5.10. The van der Waals surface area contributed by atoms with Gasteiger partial charge in [-0.2, -0.15) is 0 Å². The summed E-state index contributed by atoms with van der Waals surface area (Å²) in [5, 5.41) is 0.664. The molecule has 31 heavy (non-hydrogen) atoms. The molecule has 0 N–H and O–H groups in total. The maximum atomic E-state index is 13.1. The first-order valence-electron chi connectivity index (χ1n) is 10.3. The average Bonchev–Trinajstić information content (AvgIpc) is 3.13. The van der Waals surface area contributed by atoms with Gasteiger partial charge in [0.25, 0.3) is 0 Å². The van der Waals surface area contributed by atoms with Gasteiger partial charge in [-0.25, -0.2) is 13.4 Å². The SMILES string of the molecule is Cc1ccc(S(=O)(=O)CCCC(=O)N(CCN(C)C)c2nc3c(C)cccc3s2)cc1. The minimum Gasteiger partial charge on any atom is -0.308 e. The molecule has 0 aliphatic rings. The van der Waals surface area contributed by atoms with Gasteiger partial charge in [0, 0.05) is 19.5 Å². The van der Waals surface area contributed by atoms with Crippen LogP contribution in [0.15, 0.2) is 47.4 Å². The van der Waals surface area contributed by atoms with Gasteiger partial charge in [0.05, 0.1) is 20.9 Å². The monoisotopic (exact) mass is 459 g/mol. The van der Waals surface area contributed by atoms with E-state index in [-0.39, 0.29) is 24.5 Å². The Hall–Kier alpha value is -2.29. The van der Waals surface area contributed by atoms with Crippen molar-refractivity contribution in [1.29, 1.82) is 0 Å². The molecule has 0 unspecified atom stereocenters. The van der Waals surface area contributed by atoms with Crippen molar-refractivity contribution in [2.24, 2.45) is 0 Å². The summed E-state index contributed by atoms with van der Waals surface area (Å²) in [5.41, 5.74) is 2.99. The Kier molecular flexibility index (Phi) is 7.46. The molecule has 0 radical (unpaired) electrons. The van der Waals surface area contributed by atoms with E-state index >= 15 is 0 Å². The molecule has 1 amide bonds. The fraction of sp³-hybridized carbons (Fsp3) is 0.391. The fourth-order valence-electron chi connectivity index (χ4n) is 3.23. The van der Waals surface area contributed by atoms with Crippen LogP contribution in [0.3, 0.4) is 0 Å². The third kappa shape index (κ3) is 5.90. The van der Waals surface area contributed by atoms with Crippen molar-refractivity contribution in [3.63, 3.8) is 0 Å². The van der Waals surface area contributed by atoms with Crippen LogP contribution in [0.2, 0.25) is 0 Å². The number of para-hydroxylation sites is 1. The maximum absolute atomic E-state index is 13.1. The van der Waals surface area contributed by atoms with Gasteiger partial charge in [-0.15, -0.1) is 0 Å². The molecule has 0 aliphatic carbocycles. The Morgan fingerprint density at radius 1 is 1.03 bits per heavy atom. The first-order chi connectivity index (χ1) is 14.7. The van der Waals surface area contributed by atoms with Gasteiger partial charge in [0.2, 0.25) is 5.91 Å². The summed E-state index contributed by atoms with van der Waals surface area (Å²) in [6.07, 6.45) is 0.435. The van der Waals surface area contributed by atoms with E-state index < -0.39 is 9.84 Å². The van der Waals surface area contributed by atoms with Crippen molar-refractivity contribution in [3.8, 4) is 0 Å². The van der Waals surface area contributed by atoms with E-state index in [4.69, 9.17) is 4.98 Å². The maximum Gasteiger partial charge on any atom is 0.228 e. The van der Waals surface area contributed by atoms with Gasteiger partial charge in [0.15, 0.2) is 15.0 Å². The van der Waals surface area contributed by atoms with Crippen LogP contribution in [0.1, 0.15) is 24.0 Å². The zero-order valence-corrected chi connectivity index (χ0v) is 20.1. The number of rotatable bonds is 9. The number of aromatic nitrogens is 1. The summed E-state index contributed by atoms with van der Waals surface area (Å²) in [6, 6.07) is 12.8. The molecule has 0 fully saturated rings. The zero-order chi connectivity index (χ0) is 22.6. The first-order valence-corrected chi connectivity index (χ1v) is 12.7. The first kappa shape index (κ1) is 23.4. The minimum atomic E-state index is -3.41. The highest BCUT2D eigenvalue weighted by Gasteiger charge is 2.22. The van der Waals surface area contributed by atoms with Gasteiger partial charge >= 0.3 is 0 Å². The van der Waals surface area contributed by atoms with Crippen molar-refractivity contribution in [3.05, 3.63) is 53.6 Å². The van der Waals surface area contributed by atoms with Crippen molar-refractivity contribution >= 4 is 42.4 Å². The van der Waals surface area contributed by atoms with E-state index in [0.29, 0.717) is 23.1 Å². The van der Waals surface area contributed by atoms with Crippen LogP contribution in [0, 0.1) is 13.8 Å². The molecule has 3 aromatic rings. The highest BCUT2D eigenvalue weighted by atomic mass is 32.2. The molecule has 1 aromatic heterocycles. The summed E-state index contributed by atoms with van der Waals surface area (Å²) < 4.78 is 26.2. The quantitative estimate of drug-likeness (QED) is 0.483. The van der Waals surface area contributed by atoms with E-state index in [1.165, 1.54) is 11.3 Å². The highest BCUT2D eigenvalue weighted by molar-refractivity contribution is 7.91. The number of carbonyl (C=O) groups is 1. The number of nitrogens with zero attached hydrogens (tertiary/aromatic N) is 3. The molecule has 6 nitrogen and oxygen atoms in total. The van der Waals surface area contributed by atoms with Crippen LogP contribution in [0.5, 0.6) is 0 Å². The molecule has 0 bridgehead atoms. The summed E-state index contributed by atoms with van der Waals surface area (Å²) in [6.45, 7) is 5.13. The van der Waals surface area contributed by atoms with Crippen LogP contribution >= 0.6 is 11.3 Å². The molecular formula is C23H29N3O3S2. The number of anilines is 1. The van der Waals surface area contributed by atoms with Crippen LogP contribution in [0.25, 0.3) is 10.2 Å². The van der Waals surface area contributed by atoms with E-state index in [1.54, 1.807) is 29.2 Å². The second kappa shape index (κ2) is 9.89. The van der Waals surface area contributed by atoms with E-state index in [2.05, 4.69) is 0 Å². The van der Waals surface area contributed by atoms with Crippen LogP contribution in [-0.4, -0.2) is 57.1 Å². The Labute approximate surface area is 188 Å². The second-order valence-corrected chi connectivity index (χ2v) is 11.1. The van der Waals surface area contributed by atoms with Crippen molar-refractivity contribution in [2.45, 2.75) is 31.6 Å². The highest BCUT2D eigenvalue weighted by Crippen LogP contribution is 2.31.